The van der Waals surface area contributed by atoms with Crippen LogP contribution in [0.3, 0.4) is 0 Å². The summed E-state index contributed by atoms with van der Waals surface area (Å²) in [5.41, 5.74) is -0.159. The molecule has 0 unspecified atom stereocenters. The normalized spacial score (nSPS) is 9.75. The van der Waals surface area contributed by atoms with Gasteiger partial charge in [0.25, 0.3) is 0 Å². The Bertz CT molecular complexity index is 321. The van der Waals surface area contributed by atoms with Crippen LogP contribution in [0, 0.1) is 10.1 Å². The van der Waals surface area contributed by atoms with Gasteiger partial charge in [0, 0.05) is 0 Å². The fraction of sp³-hybridized carbons (Fsp3) is 0.200. The van der Waals surface area contributed by atoms with Gasteiger partial charge in [0.2, 0.25) is 5.24 Å². The number of nitro groups is 1. The molecule has 6 nitrogen and oxygen atoms in total. The molecule has 0 aliphatic carbocycles. The van der Waals surface area contributed by atoms with E-state index in [1.165, 1.54) is 0 Å². The van der Waals surface area contributed by atoms with E-state index < -0.39 is 10.2 Å². The lowest BCUT2D eigenvalue weighted by atomic mass is 10.6. The summed E-state index contributed by atoms with van der Waals surface area (Å²) < 4.78 is 1.10. The molecule has 0 radical (unpaired) electrons. The van der Waals surface area contributed by atoms with Gasteiger partial charge in [-0.05, 0) is 11.6 Å². The Hall–Kier alpha value is -1.43. The fourth-order valence-corrected chi connectivity index (χ4v) is 0.783. The monoisotopic (exact) mass is 189 g/mol. The lowest BCUT2D eigenvalue weighted by Crippen LogP contribution is -2.03. The van der Waals surface area contributed by atoms with Crippen LogP contribution in [-0.2, 0) is 11.3 Å². The fourth-order valence-electron chi connectivity index (χ4n) is 0.661. The van der Waals surface area contributed by atoms with E-state index >= 15 is 0 Å². The van der Waals surface area contributed by atoms with Crippen LogP contribution in [0.1, 0.15) is 0 Å². The molecule has 0 fully saturated rings. The molecule has 0 aliphatic heterocycles. The molecule has 1 aromatic heterocycles. The van der Waals surface area contributed by atoms with Crippen molar-refractivity contribution in [3.05, 3.63) is 22.5 Å². The van der Waals surface area contributed by atoms with Gasteiger partial charge < -0.3 is 0 Å². The minimum Gasteiger partial charge on any atom is -0.279 e. The van der Waals surface area contributed by atoms with Crippen molar-refractivity contribution >= 4 is 22.5 Å². The van der Waals surface area contributed by atoms with Crippen LogP contribution in [-0.4, -0.2) is 19.9 Å². The van der Waals surface area contributed by atoms with Crippen molar-refractivity contribution < 1.29 is 9.72 Å². The first-order chi connectivity index (χ1) is 5.59. The molecule has 0 saturated heterocycles. The van der Waals surface area contributed by atoms with E-state index in [1.54, 1.807) is 0 Å². The Morgan fingerprint density at radius 2 is 2.50 bits per heavy atom. The van der Waals surface area contributed by atoms with E-state index in [9.17, 15) is 14.9 Å². The van der Waals surface area contributed by atoms with Gasteiger partial charge in [0.15, 0.2) is 0 Å². The van der Waals surface area contributed by atoms with Crippen LogP contribution in [0.25, 0.3) is 0 Å². The predicted octanol–water partition coefficient (Wildman–Crippen LogP) is 0.557. The summed E-state index contributed by atoms with van der Waals surface area (Å²) in [5, 5.41) is 13.1. The molecule has 1 aromatic rings. The van der Waals surface area contributed by atoms with Crippen LogP contribution in [0.5, 0.6) is 0 Å². The maximum atomic E-state index is 10.3. The molecular formula is C5H4ClN3O3. The molecule has 7 heteroatoms. The second-order valence-corrected chi connectivity index (χ2v) is 2.43. The average molecular weight is 190 g/mol. The highest BCUT2D eigenvalue weighted by Crippen LogP contribution is 2.07. The maximum Gasteiger partial charge on any atom is 0.307 e. The van der Waals surface area contributed by atoms with Crippen LogP contribution < -0.4 is 0 Å². The van der Waals surface area contributed by atoms with Crippen molar-refractivity contribution in [3.63, 3.8) is 0 Å². The van der Waals surface area contributed by atoms with Gasteiger partial charge >= 0.3 is 5.69 Å². The molecule has 64 valence electrons. The van der Waals surface area contributed by atoms with Crippen molar-refractivity contribution in [3.8, 4) is 0 Å². The number of aromatic nitrogens is 2. The van der Waals surface area contributed by atoms with Gasteiger partial charge in [-0.3, -0.25) is 19.6 Å². The SMILES string of the molecule is O=C(Cl)Cn1cc([N+](=O)[O-])cn1. The third-order valence-corrected chi connectivity index (χ3v) is 1.24. The minimum atomic E-state index is -0.618. The molecular weight excluding hydrogens is 186 g/mol. The first-order valence-electron chi connectivity index (χ1n) is 2.95. The number of halogens is 1. The highest BCUT2D eigenvalue weighted by atomic mass is 35.5. The lowest BCUT2D eigenvalue weighted by Gasteiger charge is -1.90. The van der Waals surface area contributed by atoms with E-state index in [0.717, 1.165) is 17.1 Å². The summed E-state index contributed by atoms with van der Waals surface area (Å²) in [4.78, 5) is 19.9. The largest absolute Gasteiger partial charge is 0.307 e. The first kappa shape index (κ1) is 8.66. The van der Waals surface area contributed by atoms with Gasteiger partial charge in [-0.25, -0.2) is 0 Å². The average Bonchev–Trinajstić information content (AvgIpc) is 2.34. The molecule has 0 aromatic carbocycles. The second kappa shape index (κ2) is 3.31. The van der Waals surface area contributed by atoms with Crippen molar-refractivity contribution in [1.29, 1.82) is 0 Å². The van der Waals surface area contributed by atoms with Crippen molar-refractivity contribution in [1.82, 2.24) is 9.78 Å². The Morgan fingerprint density at radius 3 is 2.92 bits per heavy atom. The Morgan fingerprint density at radius 1 is 1.83 bits per heavy atom. The zero-order chi connectivity index (χ0) is 9.14. The third-order valence-electron chi connectivity index (χ3n) is 1.12. The van der Waals surface area contributed by atoms with E-state index in [-0.39, 0.29) is 12.2 Å². The topological polar surface area (TPSA) is 78.0 Å². The summed E-state index contributed by atoms with van der Waals surface area (Å²) in [6.45, 7) is -0.157. The number of rotatable bonds is 3. The van der Waals surface area contributed by atoms with Gasteiger partial charge in [-0.1, -0.05) is 0 Å². The molecule has 0 saturated carbocycles. The van der Waals surface area contributed by atoms with Crippen molar-refractivity contribution in [2.45, 2.75) is 6.54 Å². The number of hydrogen-bond acceptors (Lipinski definition) is 4. The highest BCUT2D eigenvalue weighted by Gasteiger charge is 2.09. The number of nitrogens with zero attached hydrogens (tertiary/aromatic N) is 3. The van der Waals surface area contributed by atoms with Gasteiger partial charge in [0.1, 0.15) is 18.9 Å². The standard InChI is InChI=1S/C5H4ClN3O3/c6-5(10)3-8-2-4(1-7-8)9(11)12/h1-2H,3H2. The summed E-state index contributed by atoms with van der Waals surface area (Å²) in [6.07, 6.45) is 2.19. The van der Waals surface area contributed by atoms with E-state index in [4.69, 9.17) is 11.6 Å². The molecule has 0 amide bonds. The molecule has 0 bridgehead atoms. The number of hydrogen-bond donors (Lipinski definition) is 0. The van der Waals surface area contributed by atoms with Crippen LogP contribution in [0.15, 0.2) is 12.4 Å². The van der Waals surface area contributed by atoms with Gasteiger partial charge in [-0.15, -0.1) is 0 Å². The smallest absolute Gasteiger partial charge is 0.279 e. The first-order valence-corrected chi connectivity index (χ1v) is 3.32. The van der Waals surface area contributed by atoms with Crippen LogP contribution in [0.4, 0.5) is 5.69 Å². The summed E-state index contributed by atoms with van der Waals surface area (Å²) in [5.74, 6) is 0. The molecule has 1 heterocycles. The number of carbonyl (C=O) groups is 1. The van der Waals surface area contributed by atoms with Crippen molar-refractivity contribution in [2.75, 3.05) is 0 Å². The predicted molar refractivity (Wildman–Crippen MR) is 39.7 cm³/mol. The van der Waals surface area contributed by atoms with Gasteiger partial charge in [0.05, 0.1) is 4.92 Å². The third kappa shape index (κ3) is 2.03. The lowest BCUT2D eigenvalue weighted by molar-refractivity contribution is -0.385. The quantitative estimate of drug-likeness (QED) is 0.395. The summed E-state index contributed by atoms with van der Waals surface area (Å²) in [6, 6.07) is 0. The summed E-state index contributed by atoms with van der Waals surface area (Å²) in [7, 11) is 0. The maximum absolute atomic E-state index is 10.3. The van der Waals surface area contributed by atoms with E-state index in [2.05, 4.69) is 5.10 Å². The van der Waals surface area contributed by atoms with Gasteiger partial charge in [-0.2, -0.15) is 5.10 Å². The highest BCUT2D eigenvalue weighted by molar-refractivity contribution is 6.63. The summed E-state index contributed by atoms with van der Waals surface area (Å²) >= 11 is 5.03. The zero-order valence-electron chi connectivity index (χ0n) is 5.81. The van der Waals surface area contributed by atoms with Crippen LogP contribution >= 0.6 is 11.6 Å². The molecule has 0 aliphatic rings. The minimum absolute atomic E-state index is 0.157. The second-order valence-electron chi connectivity index (χ2n) is 2.01. The Labute approximate surface area is 71.9 Å². The zero-order valence-corrected chi connectivity index (χ0v) is 6.56. The van der Waals surface area contributed by atoms with Crippen LogP contribution in [0.2, 0.25) is 0 Å². The molecule has 0 spiro atoms. The molecule has 1 rings (SSSR count). The molecule has 12 heavy (non-hydrogen) atoms. The molecule has 0 N–H and O–H groups in total. The van der Waals surface area contributed by atoms with Crippen molar-refractivity contribution in [2.24, 2.45) is 0 Å². The van der Waals surface area contributed by atoms with E-state index in [1.807, 2.05) is 0 Å². The number of carbonyl (C=O) groups excluding carboxylic acids is 1. The molecule has 0 atom stereocenters. The van der Waals surface area contributed by atoms with E-state index in [0.29, 0.717) is 0 Å². The Kier molecular flexibility index (Phi) is 2.39. The Balaban J connectivity index is 2.77.